The van der Waals surface area contributed by atoms with Crippen LogP contribution in [0.3, 0.4) is 0 Å². The second kappa shape index (κ2) is 4.70. The van der Waals surface area contributed by atoms with Gasteiger partial charge in [-0.1, -0.05) is 11.6 Å². The Morgan fingerprint density at radius 1 is 1.44 bits per heavy atom. The predicted molar refractivity (Wildman–Crippen MR) is 63.9 cm³/mol. The second-order valence-electron chi connectivity index (χ2n) is 4.40. The summed E-state index contributed by atoms with van der Waals surface area (Å²) in [7, 11) is 1.61. The third-order valence-electron chi connectivity index (χ3n) is 1.75. The molecule has 0 aliphatic rings. The van der Waals surface area contributed by atoms with Gasteiger partial charge in [-0.15, -0.1) is 0 Å². The van der Waals surface area contributed by atoms with Crippen LogP contribution in [-0.2, 0) is 4.74 Å². The predicted octanol–water partition coefficient (Wildman–Crippen LogP) is 3.11. The molecule has 0 bridgehead atoms. The van der Waals surface area contributed by atoms with E-state index in [1.54, 1.807) is 19.3 Å². The van der Waals surface area contributed by atoms with Crippen molar-refractivity contribution in [1.82, 2.24) is 4.98 Å². The lowest BCUT2D eigenvalue weighted by Gasteiger charge is -2.24. The van der Waals surface area contributed by atoms with E-state index in [0.29, 0.717) is 10.7 Å². The Hall–Kier alpha value is -1.29. The molecule has 1 rings (SSSR count). The molecule has 88 valence electrons. The first kappa shape index (κ1) is 12.8. The van der Waals surface area contributed by atoms with Crippen LogP contribution in [0.1, 0.15) is 20.8 Å². The van der Waals surface area contributed by atoms with Crippen LogP contribution in [0.15, 0.2) is 18.5 Å². The second-order valence-corrected chi connectivity index (χ2v) is 4.84. The smallest absolute Gasteiger partial charge is 0.414 e. The molecule has 0 aromatic carbocycles. The van der Waals surface area contributed by atoms with E-state index in [2.05, 4.69) is 4.98 Å². The fourth-order valence-electron chi connectivity index (χ4n) is 1.02. The molecule has 0 saturated heterocycles. The molecule has 0 atom stereocenters. The number of hydrogen-bond acceptors (Lipinski definition) is 3. The molecule has 16 heavy (non-hydrogen) atoms. The maximum absolute atomic E-state index is 11.7. The third kappa shape index (κ3) is 3.70. The summed E-state index contributed by atoms with van der Waals surface area (Å²) >= 11 is 5.79. The summed E-state index contributed by atoms with van der Waals surface area (Å²) < 4.78 is 5.21. The molecule has 0 saturated carbocycles. The normalized spacial score (nSPS) is 11.1. The molecule has 1 amide bonds. The van der Waals surface area contributed by atoms with Gasteiger partial charge in [0, 0.05) is 13.2 Å². The van der Waals surface area contributed by atoms with E-state index >= 15 is 0 Å². The van der Waals surface area contributed by atoms with E-state index in [4.69, 9.17) is 16.3 Å². The summed E-state index contributed by atoms with van der Waals surface area (Å²) in [6.07, 6.45) is 2.63. The number of pyridine rings is 1. The molecular weight excluding hydrogens is 228 g/mol. The van der Waals surface area contributed by atoms with Crippen molar-refractivity contribution in [2.75, 3.05) is 11.9 Å². The fraction of sp³-hybridized carbons (Fsp3) is 0.455. The van der Waals surface area contributed by atoms with Crippen molar-refractivity contribution in [2.45, 2.75) is 26.4 Å². The van der Waals surface area contributed by atoms with Gasteiger partial charge in [0.05, 0.1) is 16.9 Å². The number of halogens is 1. The SMILES string of the molecule is CN(C(=O)OC(C)(C)C)c1cncc(Cl)c1. The van der Waals surface area contributed by atoms with Crippen molar-refractivity contribution in [2.24, 2.45) is 0 Å². The number of carbonyl (C=O) groups excluding carboxylic acids is 1. The van der Waals surface area contributed by atoms with Crippen LogP contribution in [0.5, 0.6) is 0 Å². The molecule has 0 aliphatic heterocycles. The van der Waals surface area contributed by atoms with Gasteiger partial charge in [0.1, 0.15) is 5.60 Å². The van der Waals surface area contributed by atoms with Gasteiger partial charge in [-0.2, -0.15) is 0 Å². The molecular formula is C11H15ClN2O2. The Balaban J connectivity index is 2.78. The molecule has 1 aromatic rings. The average molecular weight is 243 g/mol. The minimum absolute atomic E-state index is 0.434. The zero-order valence-corrected chi connectivity index (χ0v) is 10.6. The van der Waals surface area contributed by atoms with Gasteiger partial charge in [-0.25, -0.2) is 4.79 Å². The number of rotatable bonds is 1. The quantitative estimate of drug-likeness (QED) is 0.760. The maximum atomic E-state index is 11.7. The summed E-state index contributed by atoms with van der Waals surface area (Å²) in [4.78, 5) is 17.0. The molecule has 0 aliphatic carbocycles. The summed E-state index contributed by atoms with van der Waals surface area (Å²) in [5.74, 6) is 0. The molecule has 0 radical (unpaired) electrons. The lowest BCUT2D eigenvalue weighted by Crippen LogP contribution is -2.34. The topological polar surface area (TPSA) is 42.4 Å². The summed E-state index contributed by atoms with van der Waals surface area (Å²) in [5, 5.41) is 0.480. The Morgan fingerprint density at radius 2 is 2.06 bits per heavy atom. The van der Waals surface area contributed by atoms with Gasteiger partial charge >= 0.3 is 6.09 Å². The first-order valence-electron chi connectivity index (χ1n) is 4.87. The van der Waals surface area contributed by atoms with Gasteiger partial charge in [0.2, 0.25) is 0 Å². The van der Waals surface area contributed by atoms with E-state index < -0.39 is 11.7 Å². The van der Waals surface area contributed by atoms with Crippen molar-refractivity contribution in [3.8, 4) is 0 Å². The Bertz CT molecular complexity index is 388. The standard InChI is InChI=1S/C11H15ClN2O2/c1-11(2,3)16-10(15)14(4)9-5-8(12)6-13-7-9/h5-7H,1-4H3. The van der Waals surface area contributed by atoms with Crippen molar-refractivity contribution >= 4 is 23.4 Å². The number of amides is 1. The van der Waals surface area contributed by atoms with Gasteiger partial charge in [0.15, 0.2) is 0 Å². The highest BCUT2D eigenvalue weighted by atomic mass is 35.5. The lowest BCUT2D eigenvalue weighted by molar-refractivity contribution is 0.0589. The van der Waals surface area contributed by atoms with Crippen molar-refractivity contribution in [1.29, 1.82) is 0 Å². The zero-order valence-electron chi connectivity index (χ0n) is 9.82. The van der Waals surface area contributed by atoms with Crippen molar-refractivity contribution in [3.05, 3.63) is 23.5 Å². The van der Waals surface area contributed by atoms with Crippen molar-refractivity contribution in [3.63, 3.8) is 0 Å². The van der Waals surface area contributed by atoms with Gasteiger partial charge in [-0.3, -0.25) is 9.88 Å². The highest BCUT2D eigenvalue weighted by Gasteiger charge is 2.20. The molecule has 1 aromatic heterocycles. The molecule has 0 unspecified atom stereocenters. The van der Waals surface area contributed by atoms with Crippen LogP contribution >= 0.6 is 11.6 Å². The van der Waals surface area contributed by atoms with Gasteiger partial charge in [-0.05, 0) is 26.8 Å². The molecule has 0 fully saturated rings. The summed E-state index contributed by atoms with van der Waals surface area (Å²) in [5.41, 5.74) is 0.0823. The third-order valence-corrected chi connectivity index (χ3v) is 1.95. The highest BCUT2D eigenvalue weighted by molar-refractivity contribution is 6.30. The van der Waals surface area contributed by atoms with Crippen LogP contribution in [0.25, 0.3) is 0 Å². The number of hydrogen-bond donors (Lipinski definition) is 0. The first-order chi connectivity index (χ1) is 7.29. The number of aromatic nitrogens is 1. The van der Waals surface area contributed by atoms with Crippen LogP contribution in [-0.4, -0.2) is 23.7 Å². The van der Waals surface area contributed by atoms with Gasteiger partial charge < -0.3 is 4.74 Å². The Kier molecular flexibility index (Phi) is 3.75. The first-order valence-corrected chi connectivity index (χ1v) is 5.24. The molecule has 0 spiro atoms. The average Bonchev–Trinajstić information content (AvgIpc) is 2.14. The molecule has 4 nitrogen and oxygen atoms in total. The largest absolute Gasteiger partial charge is 0.443 e. The van der Waals surface area contributed by atoms with E-state index in [9.17, 15) is 4.79 Å². The molecule has 5 heteroatoms. The zero-order chi connectivity index (χ0) is 12.3. The summed E-state index contributed by atoms with van der Waals surface area (Å²) in [6.45, 7) is 5.44. The molecule has 0 N–H and O–H groups in total. The van der Waals surface area contributed by atoms with Crippen LogP contribution < -0.4 is 4.90 Å². The van der Waals surface area contributed by atoms with E-state index in [1.807, 2.05) is 20.8 Å². The van der Waals surface area contributed by atoms with E-state index in [1.165, 1.54) is 11.1 Å². The maximum Gasteiger partial charge on any atom is 0.414 e. The number of ether oxygens (including phenoxy) is 1. The fourth-order valence-corrected chi connectivity index (χ4v) is 1.19. The van der Waals surface area contributed by atoms with Crippen LogP contribution in [0.4, 0.5) is 10.5 Å². The van der Waals surface area contributed by atoms with E-state index in [-0.39, 0.29) is 0 Å². The minimum Gasteiger partial charge on any atom is -0.443 e. The molecule has 1 heterocycles. The lowest BCUT2D eigenvalue weighted by atomic mass is 10.2. The van der Waals surface area contributed by atoms with Crippen LogP contribution in [0, 0.1) is 0 Å². The van der Waals surface area contributed by atoms with Gasteiger partial charge in [0.25, 0.3) is 0 Å². The number of nitrogens with zero attached hydrogens (tertiary/aromatic N) is 2. The Labute approximate surface area is 100 Å². The Morgan fingerprint density at radius 3 is 2.56 bits per heavy atom. The number of anilines is 1. The summed E-state index contributed by atoms with van der Waals surface area (Å²) in [6, 6.07) is 1.65. The monoisotopic (exact) mass is 242 g/mol. The van der Waals surface area contributed by atoms with E-state index in [0.717, 1.165) is 0 Å². The van der Waals surface area contributed by atoms with Crippen LogP contribution in [0.2, 0.25) is 5.02 Å². The number of carbonyl (C=O) groups is 1. The minimum atomic E-state index is -0.517. The van der Waals surface area contributed by atoms with Crippen molar-refractivity contribution < 1.29 is 9.53 Å². The highest BCUT2D eigenvalue weighted by Crippen LogP contribution is 2.18.